The summed E-state index contributed by atoms with van der Waals surface area (Å²) in [4.78, 5) is 14.2. The largest absolute Gasteiger partial charge is 0.416 e. The van der Waals surface area contributed by atoms with Crippen LogP contribution in [-0.2, 0) is 11.0 Å². The number of amides is 1. The van der Waals surface area contributed by atoms with Crippen molar-refractivity contribution >= 4 is 46.0 Å². The second kappa shape index (κ2) is 6.65. The maximum Gasteiger partial charge on any atom is 0.416 e. The highest BCUT2D eigenvalue weighted by Gasteiger charge is 2.36. The molecule has 128 valence electrons. The Bertz CT molecular complexity index is 890. The van der Waals surface area contributed by atoms with Gasteiger partial charge in [-0.05, 0) is 42.3 Å². The van der Waals surface area contributed by atoms with Crippen molar-refractivity contribution in [1.82, 2.24) is 0 Å². The predicted octanol–water partition coefficient (Wildman–Crippen LogP) is 5.42. The summed E-state index contributed by atoms with van der Waals surface area (Å²) >= 11 is 6.29. The maximum atomic E-state index is 12.9. The molecule has 0 spiro atoms. The minimum atomic E-state index is -4.48. The second-order valence-corrected chi connectivity index (χ2v) is 7.10. The van der Waals surface area contributed by atoms with Crippen LogP contribution in [0.3, 0.4) is 0 Å². The molecule has 1 aliphatic heterocycles. The fraction of sp³-hybridized carbons (Fsp3) is 0.111. The molecule has 1 saturated heterocycles. The number of carbonyl (C=O) groups is 1. The van der Waals surface area contributed by atoms with E-state index >= 15 is 0 Å². The van der Waals surface area contributed by atoms with Gasteiger partial charge in [0.15, 0.2) is 4.32 Å². The zero-order valence-corrected chi connectivity index (χ0v) is 14.6. The fourth-order valence-corrected chi connectivity index (χ4v) is 3.69. The Labute approximate surface area is 152 Å². The van der Waals surface area contributed by atoms with Gasteiger partial charge in [0.05, 0.1) is 16.2 Å². The van der Waals surface area contributed by atoms with Crippen LogP contribution in [-0.4, -0.2) is 10.2 Å². The zero-order valence-electron chi connectivity index (χ0n) is 13.0. The Morgan fingerprint density at radius 3 is 2.52 bits per heavy atom. The topological polar surface area (TPSA) is 20.3 Å². The van der Waals surface area contributed by atoms with Crippen LogP contribution >= 0.6 is 24.0 Å². The average molecular weight is 379 g/mol. The van der Waals surface area contributed by atoms with Gasteiger partial charge in [-0.25, -0.2) is 0 Å². The van der Waals surface area contributed by atoms with Crippen molar-refractivity contribution in [2.45, 2.75) is 13.1 Å². The molecule has 0 bridgehead atoms. The van der Waals surface area contributed by atoms with Gasteiger partial charge in [0.1, 0.15) is 0 Å². The molecule has 0 radical (unpaired) electrons. The molecular weight excluding hydrogens is 367 g/mol. The van der Waals surface area contributed by atoms with Crippen molar-refractivity contribution in [3.8, 4) is 0 Å². The number of benzene rings is 2. The van der Waals surface area contributed by atoms with Gasteiger partial charge in [-0.15, -0.1) is 0 Å². The lowest BCUT2D eigenvalue weighted by Crippen LogP contribution is -2.27. The summed E-state index contributed by atoms with van der Waals surface area (Å²) in [6, 6.07) is 12.1. The molecule has 0 aromatic heterocycles. The third-order valence-corrected chi connectivity index (χ3v) is 5.00. The molecule has 7 heteroatoms. The Morgan fingerprint density at radius 1 is 1.12 bits per heavy atom. The summed E-state index contributed by atoms with van der Waals surface area (Å²) in [5, 5.41) is 0. The minimum Gasteiger partial charge on any atom is -0.268 e. The van der Waals surface area contributed by atoms with Crippen LogP contribution in [0.5, 0.6) is 0 Å². The van der Waals surface area contributed by atoms with Gasteiger partial charge < -0.3 is 0 Å². The quantitative estimate of drug-likeness (QED) is 0.513. The molecule has 0 aliphatic carbocycles. The highest BCUT2D eigenvalue weighted by atomic mass is 32.2. The van der Waals surface area contributed by atoms with E-state index in [2.05, 4.69) is 0 Å². The summed E-state index contributed by atoms with van der Waals surface area (Å²) in [7, 11) is 0. The minimum absolute atomic E-state index is 0.116. The Balaban J connectivity index is 1.96. The number of alkyl halides is 3. The molecular formula is C18H12F3NOS2. The maximum absolute atomic E-state index is 12.9. The molecule has 1 fully saturated rings. The monoisotopic (exact) mass is 379 g/mol. The normalized spacial score (nSPS) is 16.8. The first-order valence-corrected chi connectivity index (χ1v) is 8.51. The van der Waals surface area contributed by atoms with E-state index in [1.54, 1.807) is 6.08 Å². The lowest BCUT2D eigenvalue weighted by Gasteiger charge is -2.16. The van der Waals surface area contributed by atoms with Gasteiger partial charge in [0, 0.05) is 0 Å². The molecule has 2 aromatic carbocycles. The predicted molar refractivity (Wildman–Crippen MR) is 98.3 cm³/mol. The first-order chi connectivity index (χ1) is 11.8. The third kappa shape index (κ3) is 3.62. The smallest absolute Gasteiger partial charge is 0.268 e. The van der Waals surface area contributed by atoms with Gasteiger partial charge in [0.25, 0.3) is 5.91 Å². The van der Waals surface area contributed by atoms with E-state index < -0.39 is 17.6 Å². The van der Waals surface area contributed by atoms with Gasteiger partial charge in [-0.1, -0.05) is 54.3 Å². The number of hydrogen-bond donors (Lipinski definition) is 0. The molecule has 2 aromatic rings. The lowest BCUT2D eigenvalue weighted by molar-refractivity contribution is -0.137. The molecule has 3 rings (SSSR count). The molecule has 25 heavy (non-hydrogen) atoms. The van der Waals surface area contributed by atoms with Crippen LogP contribution in [0.25, 0.3) is 6.08 Å². The van der Waals surface area contributed by atoms with E-state index in [0.29, 0.717) is 4.91 Å². The molecule has 1 heterocycles. The number of rotatable bonds is 2. The zero-order chi connectivity index (χ0) is 18.2. The summed E-state index contributed by atoms with van der Waals surface area (Å²) in [6.07, 6.45) is -2.77. The van der Waals surface area contributed by atoms with Crippen LogP contribution < -0.4 is 4.90 Å². The van der Waals surface area contributed by atoms with Crippen LogP contribution in [0, 0.1) is 6.92 Å². The van der Waals surface area contributed by atoms with Gasteiger partial charge in [0.2, 0.25) is 0 Å². The van der Waals surface area contributed by atoms with E-state index in [9.17, 15) is 18.0 Å². The molecule has 0 unspecified atom stereocenters. The van der Waals surface area contributed by atoms with E-state index in [1.165, 1.54) is 12.1 Å². The number of thiocarbonyl (C=S) groups is 1. The van der Waals surface area contributed by atoms with Gasteiger partial charge in [-0.3, -0.25) is 9.69 Å². The number of hydrogen-bond acceptors (Lipinski definition) is 3. The first kappa shape index (κ1) is 17.7. The van der Waals surface area contributed by atoms with Crippen molar-refractivity contribution in [3.63, 3.8) is 0 Å². The Hall–Kier alpha value is -2.12. The highest BCUT2D eigenvalue weighted by molar-refractivity contribution is 8.27. The Kier molecular flexibility index (Phi) is 4.71. The molecule has 2 nitrogen and oxygen atoms in total. The average Bonchev–Trinajstić information content (AvgIpc) is 2.83. The molecule has 1 aliphatic rings. The van der Waals surface area contributed by atoms with E-state index in [0.717, 1.165) is 39.9 Å². The van der Waals surface area contributed by atoms with Crippen LogP contribution in [0.1, 0.15) is 16.7 Å². The molecule has 0 N–H and O–H groups in total. The first-order valence-electron chi connectivity index (χ1n) is 7.28. The van der Waals surface area contributed by atoms with E-state index in [-0.39, 0.29) is 10.0 Å². The standard InChI is InChI=1S/C18H12F3NOS2/c1-11-5-2-3-6-12(11)9-15-16(23)22(17(24)25-15)14-8-4-7-13(10-14)18(19,20)21/h2-10H,1H3/b15-9+. The molecule has 1 amide bonds. The van der Waals surface area contributed by atoms with E-state index in [1.807, 2.05) is 31.2 Å². The number of thioether (sulfide) groups is 1. The van der Waals surface area contributed by atoms with Gasteiger partial charge in [-0.2, -0.15) is 13.2 Å². The summed E-state index contributed by atoms with van der Waals surface area (Å²) in [5.41, 5.74) is 1.16. The number of carbonyl (C=O) groups excluding carboxylic acids is 1. The summed E-state index contributed by atoms with van der Waals surface area (Å²) in [6.45, 7) is 1.92. The Morgan fingerprint density at radius 2 is 1.84 bits per heavy atom. The highest BCUT2D eigenvalue weighted by Crippen LogP contribution is 2.38. The lowest BCUT2D eigenvalue weighted by atomic mass is 10.1. The summed E-state index contributed by atoms with van der Waals surface area (Å²) in [5.74, 6) is -0.419. The second-order valence-electron chi connectivity index (χ2n) is 5.42. The van der Waals surface area contributed by atoms with Crippen LogP contribution in [0.2, 0.25) is 0 Å². The van der Waals surface area contributed by atoms with Crippen molar-refractivity contribution in [1.29, 1.82) is 0 Å². The molecule has 0 saturated carbocycles. The van der Waals surface area contributed by atoms with Crippen LogP contribution in [0.15, 0.2) is 53.4 Å². The van der Waals surface area contributed by atoms with Crippen molar-refractivity contribution in [3.05, 3.63) is 70.1 Å². The number of anilines is 1. The summed E-state index contributed by atoms with van der Waals surface area (Å²) < 4.78 is 38.9. The van der Waals surface area contributed by atoms with Crippen LogP contribution in [0.4, 0.5) is 18.9 Å². The number of halogens is 3. The fourth-order valence-electron chi connectivity index (χ4n) is 2.40. The van der Waals surface area contributed by atoms with Crippen molar-refractivity contribution in [2.24, 2.45) is 0 Å². The SMILES string of the molecule is Cc1ccccc1/C=C1/SC(=S)N(c2cccc(C(F)(F)F)c2)C1=O. The number of aryl methyl sites for hydroxylation is 1. The van der Waals surface area contributed by atoms with Crippen molar-refractivity contribution < 1.29 is 18.0 Å². The third-order valence-electron chi connectivity index (χ3n) is 3.70. The van der Waals surface area contributed by atoms with E-state index in [4.69, 9.17) is 12.2 Å². The van der Waals surface area contributed by atoms with Crippen molar-refractivity contribution in [2.75, 3.05) is 4.90 Å². The number of nitrogens with zero attached hydrogens (tertiary/aromatic N) is 1. The van der Waals surface area contributed by atoms with Gasteiger partial charge >= 0.3 is 6.18 Å². The molecule has 0 atom stereocenters.